The second kappa shape index (κ2) is 9.04. The van der Waals surface area contributed by atoms with Crippen molar-refractivity contribution in [1.29, 1.82) is 0 Å². The Morgan fingerprint density at radius 3 is 2.42 bits per heavy atom. The molecule has 0 spiro atoms. The summed E-state index contributed by atoms with van der Waals surface area (Å²) in [6.45, 7) is 0. The molecule has 1 fully saturated rings. The monoisotopic (exact) mass is 508 g/mol. The fourth-order valence-electron chi connectivity index (χ4n) is 4.20. The summed E-state index contributed by atoms with van der Waals surface area (Å²) in [5.74, 6) is -2.80. The van der Waals surface area contributed by atoms with Crippen LogP contribution in [0.1, 0.15) is 17.2 Å². The molecule has 1 saturated heterocycles. The van der Waals surface area contributed by atoms with E-state index >= 15 is 0 Å². The van der Waals surface area contributed by atoms with E-state index in [0.29, 0.717) is 21.5 Å². The van der Waals surface area contributed by atoms with E-state index in [9.17, 15) is 23.5 Å². The van der Waals surface area contributed by atoms with Gasteiger partial charge in [-0.25, -0.2) is 13.8 Å². The maximum atomic E-state index is 13.8. The molecule has 0 bridgehead atoms. The number of fused-ring (bicyclic) bond motifs is 1. The Bertz CT molecular complexity index is 1550. The van der Waals surface area contributed by atoms with Crippen molar-refractivity contribution in [1.82, 2.24) is 4.98 Å². The van der Waals surface area contributed by atoms with Gasteiger partial charge in [0.2, 0.25) is 0 Å². The van der Waals surface area contributed by atoms with Gasteiger partial charge in [0.15, 0.2) is 16.6 Å². The lowest BCUT2D eigenvalue weighted by Gasteiger charge is -2.25. The van der Waals surface area contributed by atoms with Crippen LogP contribution in [-0.4, -0.2) is 36.0 Å². The standard InChI is InChI=1S/C26H18F2N2O5S/c1-34-18-5-3-4-16(24(18)35-2)21-20(22(31)13-6-8-14(27)9-7-13)23(32)25(33)30(21)26-29-17-11-10-15(28)12-19(17)36-26/h3-12,21,31H,1-2H3/b22-20+/t21-/m0/s1. The number of hydrogen-bond acceptors (Lipinski definition) is 7. The molecule has 0 saturated carbocycles. The molecule has 5 rings (SSSR count). The Kier molecular flexibility index (Phi) is 5.89. The highest BCUT2D eigenvalue weighted by atomic mass is 32.1. The van der Waals surface area contributed by atoms with Crippen LogP contribution in [0, 0.1) is 11.6 Å². The minimum Gasteiger partial charge on any atom is -0.507 e. The van der Waals surface area contributed by atoms with Gasteiger partial charge < -0.3 is 14.6 Å². The summed E-state index contributed by atoms with van der Waals surface area (Å²) >= 11 is 1.02. The molecule has 1 aliphatic rings. The molecule has 0 unspecified atom stereocenters. The van der Waals surface area contributed by atoms with Crippen LogP contribution in [0.5, 0.6) is 11.5 Å². The van der Waals surface area contributed by atoms with Gasteiger partial charge in [-0.2, -0.15) is 0 Å². The number of Topliss-reactive ketones (excluding diaryl/α,β-unsaturated/α-hetero) is 1. The first-order chi connectivity index (χ1) is 17.3. The van der Waals surface area contributed by atoms with Crippen LogP contribution in [0.15, 0.2) is 66.2 Å². The van der Waals surface area contributed by atoms with Gasteiger partial charge in [0, 0.05) is 11.1 Å². The summed E-state index contributed by atoms with van der Waals surface area (Å²) in [6, 6.07) is 12.7. The highest BCUT2D eigenvalue weighted by Gasteiger charge is 2.49. The number of hydrogen-bond donors (Lipinski definition) is 1. The molecule has 0 aliphatic carbocycles. The zero-order valence-electron chi connectivity index (χ0n) is 19.0. The number of anilines is 1. The van der Waals surface area contributed by atoms with Gasteiger partial charge in [-0.15, -0.1) is 0 Å². The van der Waals surface area contributed by atoms with Crippen molar-refractivity contribution in [2.45, 2.75) is 6.04 Å². The number of halogens is 2. The number of carbonyl (C=O) groups excluding carboxylic acids is 2. The maximum absolute atomic E-state index is 13.8. The fraction of sp³-hybridized carbons (Fsp3) is 0.115. The largest absolute Gasteiger partial charge is 0.507 e. The number of ketones is 1. The number of aromatic nitrogens is 1. The third kappa shape index (κ3) is 3.75. The summed E-state index contributed by atoms with van der Waals surface area (Å²) in [7, 11) is 2.85. The molecule has 4 aromatic rings. The number of carbonyl (C=O) groups is 2. The molecule has 3 aromatic carbocycles. The van der Waals surface area contributed by atoms with Crippen LogP contribution in [0.2, 0.25) is 0 Å². The van der Waals surface area contributed by atoms with E-state index in [0.717, 1.165) is 28.4 Å². The molecule has 2 heterocycles. The van der Waals surface area contributed by atoms with Crippen LogP contribution >= 0.6 is 11.3 Å². The lowest BCUT2D eigenvalue weighted by atomic mass is 9.94. The van der Waals surface area contributed by atoms with Gasteiger partial charge in [-0.05, 0) is 48.5 Å². The molecule has 1 aliphatic heterocycles. The van der Waals surface area contributed by atoms with Crippen molar-refractivity contribution in [3.63, 3.8) is 0 Å². The number of thiazole rings is 1. The number of amides is 1. The Morgan fingerprint density at radius 2 is 1.72 bits per heavy atom. The normalized spacial score (nSPS) is 17.1. The molecule has 0 radical (unpaired) electrons. The summed E-state index contributed by atoms with van der Waals surface area (Å²) in [5, 5.41) is 11.3. The van der Waals surface area contributed by atoms with Crippen LogP contribution in [0.4, 0.5) is 13.9 Å². The van der Waals surface area contributed by atoms with E-state index in [1.54, 1.807) is 18.2 Å². The van der Waals surface area contributed by atoms with Gasteiger partial charge in [-0.1, -0.05) is 23.5 Å². The van der Waals surface area contributed by atoms with Crippen molar-refractivity contribution < 1.29 is 33.0 Å². The van der Waals surface area contributed by atoms with Crippen LogP contribution in [0.25, 0.3) is 16.0 Å². The number of benzene rings is 3. The predicted molar refractivity (Wildman–Crippen MR) is 130 cm³/mol. The van der Waals surface area contributed by atoms with Gasteiger partial charge in [-0.3, -0.25) is 14.5 Å². The van der Waals surface area contributed by atoms with Crippen molar-refractivity contribution in [3.05, 3.63) is 89.0 Å². The van der Waals surface area contributed by atoms with Crippen molar-refractivity contribution in [3.8, 4) is 11.5 Å². The number of aliphatic hydroxyl groups is 1. The van der Waals surface area contributed by atoms with E-state index in [2.05, 4.69) is 4.98 Å². The predicted octanol–water partition coefficient (Wildman–Crippen LogP) is 5.22. The van der Waals surface area contributed by atoms with Gasteiger partial charge in [0.1, 0.15) is 23.4 Å². The molecule has 10 heteroatoms. The lowest BCUT2D eigenvalue weighted by Crippen LogP contribution is -2.29. The topological polar surface area (TPSA) is 89.0 Å². The van der Waals surface area contributed by atoms with Crippen LogP contribution in [-0.2, 0) is 9.59 Å². The first kappa shape index (κ1) is 23.4. The summed E-state index contributed by atoms with van der Waals surface area (Å²) in [4.78, 5) is 32.3. The van der Waals surface area contributed by atoms with Crippen molar-refractivity contribution >= 4 is 44.1 Å². The van der Waals surface area contributed by atoms with Gasteiger partial charge in [0.25, 0.3) is 5.78 Å². The summed E-state index contributed by atoms with van der Waals surface area (Å²) in [6.07, 6.45) is 0. The molecule has 1 amide bonds. The van der Waals surface area contributed by atoms with Gasteiger partial charge >= 0.3 is 5.91 Å². The van der Waals surface area contributed by atoms with Crippen LogP contribution in [0.3, 0.4) is 0 Å². The average molecular weight is 509 g/mol. The smallest absolute Gasteiger partial charge is 0.301 e. The zero-order chi connectivity index (χ0) is 25.6. The quantitative estimate of drug-likeness (QED) is 0.226. The maximum Gasteiger partial charge on any atom is 0.301 e. The highest BCUT2D eigenvalue weighted by Crippen LogP contribution is 2.48. The van der Waals surface area contributed by atoms with E-state index in [1.807, 2.05) is 0 Å². The van der Waals surface area contributed by atoms with E-state index in [1.165, 1.54) is 44.6 Å². The Labute approximate surface area is 207 Å². The Morgan fingerprint density at radius 1 is 1.00 bits per heavy atom. The number of para-hydroxylation sites is 1. The zero-order valence-corrected chi connectivity index (χ0v) is 19.8. The third-order valence-electron chi connectivity index (χ3n) is 5.84. The first-order valence-corrected chi connectivity index (χ1v) is 11.5. The lowest BCUT2D eigenvalue weighted by molar-refractivity contribution is -0.132. The number of aliphatic hydroxyl groups excluding tert-OH is 1. The summed E-state index contributed by atoms with van der Waals surface area (Å²) < 4.78 is 38.8. The molecule has 1 aromatic heterocycles. The second-order valence-electron chi connectivity index (χ2n) is 7.87. The molecule has 182 valence electrons. The van der Waals surface area contributed by atoms with E-state index in [-0.39, 0.29) is 22.0 Å². The molecular formula is C26H18F2N2O5S. The van der Waals surface area contributed by atoms with Crippen molar-refractivity contribution in [2.75, 3.05) is 19.1 Å². The molecule has 7 nitrogen and oxygen atoms in total. The average Bonchev–Trinajstić information content (AvgIpc) is 3.40. The minimum atomic E-state index is -1.16. The SMILES string of the molecule is COc1cccc([C@H]2/C(=C(\O)c3ccc(F)cc3)C(=O)C(=O)N2c2nc3ccc(F)cc3s2)c1OC. The minimum absolute atomic E-state index is 0.130. The van der Waals surface area contributed by atoms with E-state index in [4.69, 9.17) is 9.47 Å². The Hall–Kier alpha value is -4.31. The highest BCUT2D eigenvalue weighted by molar-refractivity contribution is 7.22. The number of ether oxygens (including phenoxy) is 2. The number of rotatable bonds is 5. The Balaban J connectivity index is 1.79. The summed E-state index contributed by atoms with van der Waals surface area (Å²) in [5.41, 5.74) is 0.703. The van der Waals surface area contributed by atoms with Crippen molar-refractivity contribution in [2.24, 2.45) is 0 Å². The molecular weight excluding hydrogens is 490 g/mol. The second-order valence-corrected chi connectivity index (χ2v) is 8.88. The van der Waals surface area contributed by atoms with E-state index < -0.39 is 35.1 Å². The third-order valence-corrected chi connectivity index (χ3v) is 6.85. The van der Waals surface area contributed by atoms with Crippen LogP contribution < -0.4 is 14.4 Å². The fourth-order valence-corrected chi connectivity index (χ4v) is 5.22. The molecule has 1 N–H and O–H groups in total. The molecule has 36 heavy (non-hydrogen) atoms. The number of methoxy groups -OCH3 is 2. The van der Waals surface area contributed by atoms with Gasteiger partial charge in [0.05, 0.1) is 30.0 Å². The number of nitrogens with zero attached hydrogens (tertiary/aromatic N) is 2. The first-order valence-electron chi connectivity index (χ1n) is 10.7. The molecule has 1 atom stereocenters.